The van der Waals surface area contributed by atoms with Crippen molar-refractivity contribution in [1.29, 1.82) is 0 Å². The van der Waals surface area contributed by atoms with Crippen LogP contribution in [0.3, 0.4) is 0 Å². The Morgan fingerprint density at radius 2 is 2.00 bits per heavy atom. The number of nitrogens with two attached hydrogens (primary N) is 1. The number of aromatic nitrogens is 1. The number of nitrogens with zero attached hydrogens (tertiary/aromatic N) is 2. The van der Waals surface area contributed by atoms with Crippen LogP contribution in [0.1, 0.15) is 46.1 Å². The van der Waals surface area contributed by atoms with E-state index in [1.54, 1.807) is 0 Å². The fraction of sp³-hybridized carbons (Fsp3) is 0.600. The maximum Gasteiger partial charge on any atom is 0.139 e. The van der Waals surface area contributed by atoms with E-state index in [4.69, 9.17) is 18.0 Å². The highest BCUT2D eigenvalue weighted by atomic mass is 32.1. The van der Waals surface area contributed by atoms with Crippen LogP contribution in [0.2, 0.25) is 0 Å². The average molecular weight is 279 g/mol. The SMILES string of the molecule is CCC(CC)N(CC(C)C)c1ncccc1C(N)=S. The van der Waals surface area contributed by atoms with Gasteiger partial charge >= 0.3 is 0 Å². The molecule has 1 aromatic rings. The number of hydrogen-bond donors (Lipinski definition) is 1. The Morgan fingerprint density at radius 1 is 1.37 bits per heavy atom. The third-order valence-corrected chi connectivity index (χ3v) is 3.49. The van der Waals surface area contributed by atoms with E-state index in [9.17, 15) is 0 Å². The van der Waals surface area contributed by atoms with Gasteiger partial charge in [-0.3, -0.25) is 0 Å². The lowest BCUT2D eigenvalue weighted by Crippen LogP contribution is -2.39. The minimum atomic E-state index is 0.419. The van der Waals surface area contributed by atoms with Crippen LogP contribution < -0.4 is 10.6 Å². The predicted molar refractivity (Wildman–Crippen MR) is 86.7 cm³/mol. The zero-order valence-electron chi connectivity index (χ0n) is 12.4. The van der Waals surface area contributed by atoms with Gasteiger partial charge in [0.2, 0.25) is 0 Å². The van der Waals surface area contributed by atoms with Gasteiger partial charge in [-0.05, 0) is 30.9 Å². The van der Waals surface area contributed by atoms with Crippen molar-refractivity contribution in [2.75, 3.05) is 11.4 Å². The third-order valence-electron chi connectivity index (χ3n) is 3.27. The molecule has 0 aliphatic rings. The van der Waals surface area contributed by atoms with Gasteiger partial charge in [-0.15, -0.1) is 0 Å². The first-order chi connectivity index (χ1) is 9.01. The smallest absolute Gasteiger partial charge is 0.139 e. The van der Waals surface area contributed by atoms with E-state index in [2.05, 4.69) is 37.6 Å². The minimum Gasteiger partial charge on any atom is -0.389 e. The number of anilines is 1. The van der Waals surface area contributed by atoms with Gasteiger partial charge in [-0.25, -0.2) is 4.98 Å². The molecule has 0 aliphatic heterocycles. The van der Waals surface area contributed by atoms with Crippen molar-refractivity contribution in [3.63, 3.8) is 0 Å². The first-order valence-electron chi connectivity index (χ1n) is 7.02. The fourth-order valence-corrected chi connectivity index (χ4v) is 2.51. The zero-order valence-corrected chi connectivity index (χ0v) is 13.2. The molecule has 0 aliphatic carbocycles. The van der Waals surface area contributed by atoms with Crippen molar-refractivity contribution < 1.29 is 0 Å². The van der Waals surface area contributed by atoms with Gasteiger partial charge in [0.15, 0.2) is 0 Å². The van der Waals surface area contributed by atoms with Gasteiger partial charge in [-0.2, -0.15) is 0 Å². The molecular weight excluding hydrogens is 254 g/mol. The second-order valence-corrected chi connectivity index (χ2v) is 5.70. The summed E-state index contributed by atoms with van der Waals surface area (Å²) in [5, 5.41) is 0. The number of rotatable bonds is 7. The Bertz CT molecular complexity index is 414. The van der Waals surface area contributed by atoms with Crippen LogP contribution in [0.25, 0.3) is 0 Å². The maximum atomic E-state index is 5.83. The molecule has 0 fully saturated rings. The van der Waals surface area contributed by atoms with Gasteiger partial charge in [0.05, 0.1) is 5.56 Å². The second kappa shape index (κ2) is 7.43. The predicted octanol–water partition coefficient (Wildman–Crippen LogP) is 3.37. The van der Waals surface area contributed by atoms with E-state index in [0.29, 0.717) is 16.9 Å². The van der Waals surface area contributed by atoms with Crippen molar-refractivity contribution in [1.82, 2.24) is 4.98 Å². The van der Waals surface area contributed by atoms with E-state index in [-0.39, 0.29) is 0 Å². The van der Waals surface area contributed by atoms with Crippen LogP contribution in [-0.4, -0.2) is 22.6 Å². The van der Waals surface area contributed by atoms with Gasteiger partial charge in [0.1, 0.15) is 10.8 Å². The van der Waals surface area contributed by atoms with Crippen molar-refractivity contribution >= 4 is 23.0 Å². The van der Waals surface area contributed by atoms with E-state index in [1.165, 1.54) is 0 Å². The summed E-state index contributed by atoms with van der Waals surface area (Å²) < 4.78 is 0. The summed E-state index contributed by atoms with van der Waals surface area (Å²) in [4.78, 5) is 7.31. The number of hydrogen-bond acceptors (Lipinski definition) is 3. The summed E-state index contributed by atoms with van der Waals surface area (Å²) in [6.45, 7) is 9.84. The van der Waals surface area contributed by atoms with Gasteiger partial charge < -0.3 is 10.6 Å². The third kappa shape index (κ3) is 4.16. The van der Waals surface area contributed by atoms with Crippen molar-refractivity contribution in [2.45, 2.75) is 46.6 Å². The summed E-state index contributed by atoms with van der Waals surface area (Å²) in [5.74, 6) is 1.50. The molecule has 0 aromatic carbocycles. The molecule has 0 unspecified atom stereocenters. The summed E-state index contributed by atoms with van der Waals surface area (Å²) in [5.41, 5.74) is 6.71. The minimum absolute atomic E-state index is 0.419. The molecule has 1 aromatic heterocycles. The van der Waals surface area contributed by atoms with Crippen LogP contribution in [0.5, 0.6) is 0 Å². The lowest BCUT2D eigenvalue weighted by atomic mass is 10.1. The van der Waals surface area contributed by atoms with E-state index in [0.717, 1.165) is 30.8 Å². The molecule has 0 amide bonds. The molecule has 0 bridgehead atoms. The molecule has 106 valence electrons. The molecule has 1 rings (SSSR count). The summed E-state index contributed by atoms with van der Waals surface area (Å²) >= 11 is 5.15. The molecular formula is C15H25N3S. The molecule has 0 saturated heterocycles. The van der Waals surface area contributed by atoms with E-state index in [1.807, 2.05) is 18.3 Å². The van der Waals surface area contributed by atoms with Crippen molar-refractivity contribution in [3.05, 3.63) is 23.9 Å². The van der Waals surface area contributed by atoms with Gasteiger partial charge in [-0.1, -0.05) is 39.9 Å². The Hall–Kier alpha value is -1.16. The van der Waals surface area contributed by atoms with Crippen LogP contribution in [-0.2, 0) is 0 Å². The van der Waals surface area contributed by atoms with E-state index < -0.39 is 0 Å². The number of thiocarbonyl (C=S) groups is 1. The van der Waals surface area contributed by atoms with Crippen molar-refractivity contribution in [3.8, 4) is 0 Å². The second-order valence-electron chi connectivity index (χ2n) is 5.26. The maximum absolute atomic E-state index is 5.83. The number of pyridine rings is 1. The first-order valence-corrected chi connectivity index (χ1v) is 7.43. The monoisotopic (exact) mass is 279 g/mol. The summed E-state index contributed by atoms with van der Waals surface area (Å²) in [7, 11) is 0. The van der Waals surface area contributed by atoms with Crippen LogP contribution in [0.15, 0.2) is 18.3 Å². The topological polar surface area (TPSA) is 42.2 Å². The zero-order chi connectivity index (χ0) is 14.4. The Labute approximate surface area is 122 Å². The highest BCUT2D eigenvalue weighted by molar-refractivity contribution is 7.80. The Balaban J connectivity index is 3.20. The molecule has 0 radical (unpaired) electrons. The average Bonchev–Trinajstić information content (AvgIpc) is 2.38. The quantitative estimate of drug-likeness (QED) is 0.777. The van der Waals surface area contributed by atoms with E-state index >= 15 is 0 Å². The molecule has 0 spiro atoms. The van der Waals surface area contributed by atoms with Crippen LogP contribution in [0.4, 0.5) is 5.82 Å². The molecule has 0 atom stereocenters. The van der Waals surface area contributed by atoms with Crippen LogP contribution in [0, 0.1) is 5.92 Å². The molecule has 1 heterocycles. The lowest BCUT2D eigenvalue weighted by Gasteiger charge is -2.34. The van der Waals surface area contributed by atoms with Gasteiger partial charge in [0, 0.05) is 18.8 Å². The van der Waals surface area contributed by atoms with Crippen LogP contribution >= 0.6 is 12.2 Å². The molecule has 4 heteroatoms. The Morgan fingerprint density at radius 3 is 2.47 bits per heavy atom. The molecule has 2 N–H and O–H groups in total. The lowest BCUT2D eigenvalue weighted by molar-refractivity contribution is 0.503. The molecule has 0 saturated carbocycles. The Kier molecular flexibility index (Phi) is 6.22. The highest BCUT2D eigenvalue weighted by Gasteiger charge is 2.21. The van der Waals surface area contributed by atoms with Crippen molar-refractivity contribution in [2.24, 2.45) is 11.7 Å². The summed E-state index contributed by atoms with van der Waals surface area (Å²) in [6, 6.07) is 4.32. The standard InChI is InChI=1S/C15H25N3S/c1-5-12(6-2)18(10-11(3)4)15-13(14(16)19)8-7-9-17-15/h7-9,11-12H,5-6,10H2,1-4H3,(H2,16,19). The molecule has 3 nitrogen and oxygen atoms in total. The highest BCUT2D eigenvalue weighted by Crippen LogP contribution is 2.23. The van der Waals surface area contributed by atoms with Gasteiger partial charge in [0.25, 0.3) is 0 Å². The fourth-order valence-electron chi connectivity index (χ4n) is 2.35. The summed E-state index contributed by atoms with van der Waals surface area (Å²) in [6.07, 6.45) is 4.00. The largest absolute Gasteiger partial charge is 0.389 e. The normalized spacial score (nSPS) is 11.1. The molecule has 19 heavy (non-hydrogen) atoms. The first kappa shape index (κ1) is 15.9.